The van der Waals surface area contributed by atoms with E-state index >= 15 is 0 Å². The lowest BCUT2D eigenvalue weighted by Crippen LogP contribution is -2.13. The van der Waals surface area contributed by atoms with Crippen molar-refractivity contribution in [2.45, 2.75) is 19.1 Å². The van der Waals surface area contributed by atoms with Crippen molar-refractivity contribution in [1.82, 2.24) is 0 Å². The lowest BCUT2D eigenvalue weighted by Gasteiger charge is -2.05. The molecule has 1 aliphatic rings. The van der Waals surface area contributed by atoms with E-state index in [-0.39, 0.29) is 18.0 Å². The van der Waals surface area contributed by atoms with Crippen LogP contribution in [-0.2, 0) is 16.1 Å². The molecule has 0 aliphatic heterocycles. The maximum atomic E-state index is 11.9. The molecule has 0 heterocycles. The number of para-hydroxylation sites is 1. The highest BCUT2D eigenvalue weighted by atomic mass is 16.5. The Morgan fingerprint density at radius 2 is 1.65 bits per heavy atom. The summed E-state index contributed by atoms with van der Waals surface area (Å²) >= 11 is 0. The van der Waals surface area contributed by atoms with Crippen LogP contribution in [0, 0.1) is 5.92 Å². The van der Waals surface area contributed by atoms with Crippen molar-refractivity contribution in [3.8, 4) is 5.75 Å². The Morgan fingerprint density at radius 1 is 1.00 bits per heavy atom. The summed E-state index contributed by atoms with van der Waals surface area (Å²) in [5, 5.41) is 0. The Morgan fingerprint density at radius 3 is 2.35 bits per heavy atom. The van der Waals surface area contributed by atoms with Crippen LogP contribution in [0.5, 0.6) is 5.75 Å². The molecular formula is C17H16O3. The van der Waals surface area contributed by atoms with Gasteiger partial charge in [-0.25, -0.2) is 0 Å². The normalized spacial score (nSPS) is 20.4. The fourth-order valence-electron chi connectivity index (χ4n) is 2.06. The molecule has 0 amide bonds. The molecule has 0 N–H and O–H groups in total. The monoisotopic (exact) mass is 268 g/mol. The fraction of sp³-hybridized carbons (Fsp3) is 0.235. The third-order valence-electron chi connectivity index (χ3n) is 3.30. The predicted molar refractivity (Wildman–Crippen MR) is 75.2 cm³/mol. The molecule has 0 radical (unpaired) electrons. The number of carbonyl (C=O) groups excluding carboxylic acids is 1. The summed E-state index contributed by atoms with van der Waals surface area (Å²) in [7, 11) is 0. The molecule has 3 heteroatoms. The Hall–Kier alpha value is -2.13. The summed E-state index contributed by atoms with van der Waals surface area (Å²) in [4.78, 5) is 11.9. The van der Waals surface area contributed by atoms with Crippen molar-refractivity contribution in [3.05, 3.63) is 66.2 Å². The molecule has 1 saturated carbocycles. The molecule has 2 unspecified atom stereocenters. The van der Waals surface area contributed by atoms with Gasteiger partial charge in [0.2, 0.25) is 0 Å². The van der Waals surface area contributed by atoms with Crippen LogP contribution in [0.25, 0.3) is 0 Å². The van der Waals surface area contributed by atoms with Gasteiger partial charge in [0.25, 0.3) is 0 Å². The van der Waals surface area contributed by atoms with E-state index in [2.05, 4.69) is 0 Å². The minimum atomic E-state index is -0.200. The third-order valence-corrected chi connectivity index (χ3v) is 3.30. The summed E-state index contributed by atoms with van der Waals surface area (Å²) in [6.07, 6.45) is 0.741. The first-order valence-electron chi connectivity index (χ1n) is 6.75. The van der Waals surface area contributed by atoms with Gasteiger partial charge in [-0.1, -0.05) is 48.5 Å². The van der Waals surface area contributed by atoms with E-state index in [0.717, 1.165) is 12.0 Å². The minimum Gasteiger partial charge on any atom is -0.426 e. The van der Waals surface area contributed by atoms with E-state index in [1.165, 1.54) is 0 Å². The van der Waals surface area contributed by atoms with E-state index in [4.69, 9.17) is 9.47 Å². The highest BCUT2D eigenvalue weighted by Crippen LogP contribution is 2.35. The molecule has 0 spiro atoms. The van der Waals surface area contributed by atoms with E-state index < -0.39 is 0 Å². The number of benzene rings is 2. The zero-order valence-corrected chi connectivity index (χ0v) is 11.1. The summed E-state index contributed by atoms with van der Waals surface area (Å²) < 4.78 is 11.0. The van der Waals surface area contributed by atoms with Crippen LogP contribution in [0.4, 0.5) is 0 Å². The molecule has 1 aliphatic carbocycles. The number of hydrogen-bond donors (Lipinski definition) is 0. The largest absolute Gasteiger partial charge is 0.426 e. The average Bonchev–Trinajstić information content (AvgIpc) is 3.27. The molecule has 20 heavy (non-hydrogen) atoms. The molecule has 0 bridgehead atoms. The first-order valence-corrected chi connectivity index (χ1v) is 6.75. The molecule has 2 aromatic carbocycles. The first-order chi connectivity index (χ1) is 9.83. The molecule has 3 nitrogen and oxygen atoms in total. The van der Waals surface area contributed by atoms with Crippen LogP contribution in [0.2, 0.25) is 0 Å². The van der Waals surface area contributed by atoms with Crippen LogP contribution in [0.3, 0.4) is 0 Å². The zero-order chi connectivity index (χ0) is 13.8. The van der Waals surface area contributed by atoms with Gasteiger partial charge in [-0.3, -0.25) is 4.79 Å². The minimum absolute atomic E-state index is 0.00795. The van der Waals surface area contributed by atoms with E-state index in [9.17, 15) is 4.79 Å². The van der Waals surface area contributed by atoms with Crippen molar-refractivity contribution >= 4 is 5.97 Å². The topological polar surface area (TPSA) is 35.5 Å². The maximum absolute atomic E-state index is 11.9. The van der Waals surface area contributed by atoms with Crippen molar-refractivity contribution in [2.24, 2.45) is 5.92 Å². The number of esters is 1. The van der Waals surface area contributed by atoms with Crippen LogP contribution in [-0.4, -0.2) is 12.1 Å². The van der Waals surface area contributed by atoms with E-state index in [0.29, 0.717) is 12.4 Å². The Labute approximate surface area is 118 Å². The van der Waals surface area contributed by atoms with Crippen LogP contribution in [0.15, 0.2) is 60.7 Å². The fourth-order valence-corrected chi connectivity index (χ4v) is 2.06. The Bertz CT molecular complexity index is 565. The third kappa shape index (κ3) is 3.25. The molecule has 2 atom stereocenters. The summed E-state index contributed by atoms with van der Waals surface area (Å²) in [5.41, 5.74) is 1.12. The van der Waals surface area contributed by atoms with Crippen molar-refractivity contribution in [2.75, 3.05) is 0 Å². The lowest BCUT2D eigenvalue weighted by molar-refractivity contribution is -0.137. The van der Waals surface area contributed by atoms with Crippen molar-refractivity contribution < 1.29 is 14.3 Å². The van der Waals surface area contributed by atoms with Crippen molar-refractivity contribution in [1.29, 1.82) is 0 Å². The van der Waals surface area contributed by atoms with E-state index in [1.807, 2.05) is 48.5 Å². The lowest BCUT2D eigenvalue weighted by atomic mass is 10.2. The number of hydrogen-bond acceptors (Lipinski definition) is 3. The second kappa shape index (κ2) is 5.88. The summed E-state index contributed by atoms with van der Waals surface area (Å²) in [6, 6.07) is 19.1. The van der Waals surface area contributed by atoms with Crippen LogP contribution >= 0.6 is 0 Å². The van der Waals surface area contributed by atoms with Gasteiger partial charge < -0.3 is 9.47 Å². The van der Waals surface area contributed by atoms with Gasteiger partial charge in [0.05, 0.1) is 18.6 Å². The summed E-state index contributed by atoms with van der Waals surface area (Å²) in [5.74, 6) is 0.263. The first kappa shape index (κ1) is 12.9. The smallest absolute Gasteiger partial charge is 0.317 e. The van der Waals surface area contributed by atoms with E-state index in [1.54, 1.807) is 12.1 Å². The van der Waals surface area contributed by atoms with Gasteiger partial charge in [-0.05, 0) is 24.1 Å². The maximum Gasteiger partial charge on any atom is 0.317 e. The van der Waals surface area contributed by atoms with Crippen LogP contribution < -0.4 is 4.74 Å². The molecule has 0 aromatic heterocycles. The number of carbonyl (C=O) groups is 1. The van der Waals surface area contributed by atoms with Gasteiger partial charge in [-0.2, -0.15) is 0 Å². The zero-order valence-electron chi connectivity index (χ0n) is 11.1. The molecule has 3 rings (SSSR count). The van der Waals surface area contributed by atoms with Crippen LogP contribution in [0.1, 0.15) is 12.0 Å². The van der Waals surface area contributed by atoms with Gasteiger partial charge in [-0.15, -0.1) is 0 Å². The average molecular weight is 268 g/mol. The number of ether oxygens (including phenoxy) is 2. The van der Waals surface area contributed by atoms with Gasteiger partial charge in [0.1, 0.15) is 5.75 Å². The van der Waals surface area contributed by atoms with Crippen molar-refractivity contribution in [3.63, 3.8) is 0 Å². The standard InChI is InChI=1S/C17H16O3/c18-17(20-14-9-5-2-6-10-14)15-11-16(15)19-12-13-7-3-1-4-8-13/h1-10,15-16H,11-12H2. The quantitative estimate of drug-likeness (QED) is 0.617. The van der Waals surface area contributed by atoms with Gasteiger partial charge in [0.15, 0.2) is 0 Å². The predicted octanol–water partition coefficient (Wildman–Crippen LogP) is 3.20. The summed E-state index contributed by atoms with van der Waals surface area (Å²) in [6.45, 7) is 0.542. The van der Waals surface area contributed by atoms with Gasteiger partial charge >= 0.3 is 5.97 Å². The molecule has 1 fully saturated rings. The molecular weight excluding hydrogens is 252 g/mol. The highest BCUT2D eigenvalue weighted by molar-refractivity contribution is 5.78. The second-order valence-corrected chi connectivity index (χ2v) is 4.91. The second-order valence-electron chi connectivity index (χ2n) is 4.91. The SMILES string of the molecule is O=C(Oc1ccccc1)C1CC1OCc1ccccc1. The Balaban J connectivity index is 1.46. The highest BCUT2D eigenvalue weighted by Gasteiger charge is 2.45. The molecule has 2 aromatic rings. The molecule has 102 valence electrons. The molecule has 0 saturated heterocycles. The Kier molecular flexibility index (Phi) is 3.79. The van der Waals surface area contributed by atoms with Gasteiger partial charge in [0, 0.05) is 0 Å². The number of rotatable bonds is 5.